The van der Waals surface area contributed by atoms with Crippen molar-refractivity contribution in [3.63, 3.8) is 0 Å². The average molecular weight is 237 g/mol. The number of hydrogen-bond donors (Lipinski definition) is 0. The van der Waals surface area contributed by atoms with Crippen molar-refractivity contribution in [1.29, 1.82) is 0 Å². The van der Waals surface area contributed by atoms with Crippen molar-refractivity contribution in [2.75, 3.05) is 6.54 Å². The highest BCUT2D eigenvalue weighted by Gasteiger charge is 2.15. The van der Waals surface area contributed by atoms with Gasteiger partial charge in [0.15, 0.2) is 0 Å². The second-order valence-corrected chi connectivity index (χ2v) is 5.16. The summed E-state index contributed by atoms with van der Waals surface area (Å²) in [4.78, 5) is 2.55. The molecule has 3 rings (SSSR count). The van der Waals surface area contributed by atoms with Crippen LogP contribution in [0.2, 0.25) is 0 Å². The standard InChI is InChI=1S/C17H19N/c1-14-6-2-3-8-16(14)12-18-11-10-15-7-4-5-9-17(15)13-18/h2-9H,10-13H2,1H3. The summed E-state index contributed by atoms with van der Waals surface area (Å²) < 4.78 is 0. The molecule has 0 radical (unpaired) electrons. The van der Waals surface area contributed by atoms with Crippen LogP contribution in [0.1, 0.15) is 22.3 Å². The summed E-state index contributed by atoms with van der Waals surface area (Å²) in [6.45, 7) is 5.53. The summed E-state index contributed by atoms with van der Waals surface area (Å²) in [5.74, 6) is 0. The first kappa shape index (κ1) is 11.5. The molecular weight excluding hydrogens is 218 g/mol. The summed E-state index contributed by atoms with van der Waals surface area (Å²) in [6.07, 6.45) is 1.18. The Bertz CT molecular complexity index is 545. The van der Waals surface area contributed by atoms with Crippen LogP contribution in [0.3, 0.4) is 0 Å². The highest BCUT2D eigenvalue weighted by atomic mass is 15.1. The monoisotopic (exact) mass is 237 g/mol. The zero-order chi connectivity index (χ0) is 12.4. The Labute approximate surface area is 109 Å². The lowest BCUT2D eigenvalue weighted by Gasteiger charge is -2.29. The molecule has 2 aromatic rings. The van der Waals surface area contributed by atoms with E-state index in [1.165, 1.54) is 35.2 Å². The molecule has 2 aromatic carbocycles. The van der Waals surface area contributed by atoms with Crippen molar-refractivity contribution in [2.45, 2.75) is 26.4 Å². The minimum absolute atomic E-state index is 1.07. The van der Waals surface area contributed by atoms with E-state index in [0.717, 1.165) is 13.1 Å². The Balaban J connectivity index is 1.75. The zero-order valence-electron chi connectivity index (χ0n) is 10.9. The maximum Gasteiger partial charge on any atom is 0.0240 e. The Hall–Kier alpha value is -1.60. The molecule has 0 saturated carbocycles. The van der Waals surface area contributed by atoms with Crippen LogP contribution in [-0.2, 0) is 19.5 Å². The van der Waals surface area contributed by atoms with E-state index in [1.807, 2.05) is 0 Å². The van der Waals surface area contributed by atoms with Gasteiger partial charge in [-0.05, 0) is 35.6 Å². The van der Waals surface area contributed by atoms with E-state index >= 15 is 0 Å². The lowest BCUT2D eigenvalue weighted by Crippen LogP contribution is -2.30. The lowest BCUT2D eigenvalue weighted by atomic mass is 9.99. The second-order valence-electron chi connectivity index (χ2n) is 5.16. The highest BCUT2D eigenvalue weighted by Crippen LogP contribution is 2.21. The molecule has 0 unspecified atom stereocenters. The minimum atomic E-state index is 1.07. The topological polar surface area (TPSA) is 3.24 Å². The van der Waals surface area contributed by atoms with Gasteiger partial charge in [0, 0.05) is 19.6 Å². The molecule has 0 N–H and O–H groups in total. The predicted octanol–water partition coefficient (Wildman–Crippen LogP) is 3.55. The van der Waals surface area contributed by atoms with Gasteiger partial charge in [-0.15, -0.1) is 0 Å². The molecule has 1 nitrogen and oxygen atoms in total. The molecule has 0 amide bonds. The van der Waals surface area contributed by atoms with Crippen molar-refractivity contribution in [3.8, 4) is 0 Å². The molecule has 1 aliphatic rings. The number of hydrogen-bond acceptors (Lipinski definition) is 1. The van der Waals surface area contributed by atoms with Gasteiger partial charge in [-0.1, -0.05) is 48.5 Å². The number of benzene rings is 2. The van der Waals surface area contributed by atoms with Crippen molar-refractivity contribution < 1.29 is 0 Å². The molecule has 1 heterocycles. The first-order valence-electron chi connectivity index (χ1n) is 6.66. The number of fused-ring (bicyclic) bond motifs is 1. The van der Waals surface area contributed by atoms with Crippen LogP contribution in [0.4, 0.5) is 0 Å². The SMILES string of the molecule is Cc1ccccc1CN1CCc2ccccc2C1. The van der Waals surface area contributed by atoms with E-state index in [-0.39, 0.29) is 0 Å². The normalized spacial score (nSPS) is 15.4. The van der Waals surface area contributed by atoms with Gasteiger partial charge in [0.25, 0.3) is 0 Å². The van der Waals surface area contributed by atoms with E-state index < -0.39 is 0 Å². The van der Waals surface area contributed by atoms with E-state index in [2.05, 4.69) is 60.4 Å². The molecule has 0 spiro atoms. The van der Waals surface area contributed by atoms with Crippen molar-refractivity contribution >= 4 is 0 Å². The number of rotatable bonds is 2. The van der Waals surface area contributed by atoms with Gasteiger partial charge in [0.1, 0.15) is 0 Å². The van der Waals surface area contributed by atoms with E-state index in [9.17, 15) is 0 Å². The lowest BCUT2D eigenvalue weighted by molar-refractivity contribution is 0.245. The van der Waals surface area contributed by atoms with Gasteiger partial charge < -0.3 is 0 Å². The molecular formula is C17H19N. The average Bonchev–Trinajstić information content (AvgIpc) is 2.41. The fraction of sp³-hybridized carbons (Fsp3) is 0.294. The summed E-state index contributed by atoms with van der Waals surface area (Å²) in [5, 5.41) is 0. The molecule has 0 aromatic heterocycles. The largest absolute Gasteiger partial charge is 0.294 e. The summed E-state index contributed by atoms with van der Waals surface area (Å²) >= 11 is 0. The first-order chi connectivity index (χ1) is 8.83. The molecule has 0 bridgehead atoms. The van der Waals surface area contributed by atoms with E-state index in [1.54, 1.807) is 0 Å². The predicted molar refractivity (Wildman–Crippen MR) is 75.4 cm³/mol. The van der Waals surface area contributed by atoms with Crippen LogP contribution in [0.25, 0.3) is 0 Å². The third kappa shape index (κ3) is 2.32. The maximum atomic E-state index is 2.55. The molecule has 18 heavy (non-hydrogen) atoms. The van der Waals surface area contributed by atoms with Crippen LogP contribution < -0.4 is 0 Å². The van der Waals surface area contributed by atoms with E-state index in [4.69, 9.17) is 0 Å². The van der Waals surface area contributed by atoms with Gasteiger partial charge in [0.2, 0.25) is 0 Å². The minimum Gasteiger partial charge on any atom is -0.294 e. The molecule has 92 valence electrons. The zero-order valence-corrected chi connectivity index (χ0v) is 10.9. The Morgan fingerprint density at radius 3 is 2.50 bits per heavy atom. The van der Waals surface area contributed by atoms with Crippen LogP contribution in [0.15, 0.2) is 48.5 Å². The van der Waals surface area contributed by atoms with Gasteiger partial charge in [0.05, 0.1) is 0 Å². The Kier molecular flexibility index (Phi) is 3.16. The quantitative estimate of drug-likeness (QED) is 0.772. The molecule has 0 saturated heterocycles. The van der Waals surface area contributed by atoms with E-state index in [0.29, 0.717) is 0 Å². The third-order valence-electron chi connectivity index (χ3n) is 3.86. The smallest absolute Gasteiger partial charge is 0.0240 e. The van der Waals surface area contributed by atoms with Gasteiger partial charge in [-0.25, -0.2) is 0 Å². The van der Waals surface area contributed by atoms with Crippen molar-refractivity contribution in [3.05, 3.63) is 70.8 Å². The highest BCUT2D eigenvalue weighted by molar-refractivity contribution is 5.30. The molecule has 1 heteroatoms. The second kappa shape index (κ2) is 4.95. The van der Waals surface area contributed by atoms with Crippen LogP contribution in [0, 0.1) is 6.92 Å². The molecule has 1 aliphatic heterocycles. The molecule has 0 fully saturated rings. The van der Waals surface area contributed by atoms with Crippen molar-refractivity contribution in [2.24, 2.45) is 0 Å². The fourth-order valence-electron chi connectivity index (χ4n) is 2.72. The number of aryl methyl sites for hydroxylation is 1. The van der Waals surface area contributed by atoms with Crippen LogP contribution >= 0.6 is 0 Å². The third-order valence-corrected chi connectivity index (χ3v) is 3.86. The van der Waals surface area contributed by atoms with Gasteiger partial charge in [-0.2, -0.15) is 0 Å². The van der Waals surface area contributed by atoms with Gasteiger partial charge in [-0.3, -0.25) is 4.90 Å². The summed E-state index contributed by atoms with van der Waals surface area (Å²) in [5.41, 5.74) is 5.88. The maximum absolute atomic E-state index is 2.55. The molecule has 0 atom stereocenters. The van der Waals surface area contributed by atoms with Crippen molar-refractivity contribution in [1.82, 2.24) is 4.90 Å². The number of nitrogens with zero attached hydrogens (tertiary/aromatic N) is 1. The molecule has 0 aliphatic carbocycles. The summed E-state index contributed by atoms with van der Waals surface area (Å²) in [7, 11) is 0. The fourth-order valence-corrected chi connectivity index (χ4v) is 2.72. The first-order valence-corrected chi connectivity index (χ1v) is 6.66. The summed E-state index contributed by atoms with van der Waals surface area (Å²) in [6, 6.07) is 17.5. The Morgan fingerprint density at radius 2 is 1.67 bits per heavy atom. The van der Waals surface area contributed by atoms with Gasteiger partial charge >= 0.3 is 0 Å². The Morgan fingerprint density at radius 1 is 0.944 bits per heavy atom. The van der Waals surface area contributed by atoms with Crippen LogP contribution in [0.5, 0.6) is 0 Å². The van der Waals surface area contributed by atoms with Crippen LogP contribution in [-0.4, -0.2) is 11.4 Å².